The number of nitrogens with zero attached hydrogens (tertiary/aromatic N) is 2. The lowest BCUT2D eigenvalue weighted by Gasteiger charge is -2.14. The summed E-state index contributed by atoms with van der Waals surface area (Å²) in [6.45, 7) is 1.75. The SMILES string of the molecule is COCCn1c(C(=O)NC[C@@H]2CCCO2)nc2ccccc2c1=O. The Bertz CT molecular complexity index is 781. The van der Waals surface area contributed by atoms with Crippen LogP contribution >= 0.6 is 0 Å². The lowest BCUT2D eigenvalue weighted by Crippen LogP contribution is -2.37. The second kappa shape index (κ2) is 7.55. The number of aromatic nitrogens is 2. The van der Waals surface area contributed by atoms with Crippen molar-refractivity contribution in [1.29, 1.82) is 0 Å². The van der Waals surface area contributed by atoms with Crippen molar-refractivity contribution in [2.24, 2.45) is 0 Å². The summed E-state index contributed by atoms with van der Waals surface area (Å²) in [6, 6.07) is 7.02. The van der Waals surface area contributed by atoms with Gasteiger partial charge < -0.3 is 14.8 Å². The van der Waals surface area contributed by atoms with Crippen molar-refractivity contribution in [3.63, 3.8) is 0 Å². The van der Waals surface area contributed by atoms with Crippen LogP contribution in [0.15, 0.2) is 29.1 Å². The van der Waals surface area contributed by atoms with Crippen LogP contribution in [0.1, 0.15) is 23.5 Å². The summed E-state index contributed by atoms with van der Waals surface area (Å²) in [6.07, 6.45) is 1.98. The van der Waals surface area contributed by atoms with Crippen LogP contribution in [0.25, 0.3) is 10.9 Å². The molecule has 2 aromatic rings. The molecule has 0 spiro atoms. The Balaban J connectivity index is 1.91. The normalized spacial score (nSPS) is 17.3. The van der Waals surface area contributed by atoms with Gasteiger partial charge in [-0.05, 0) is 25.0 Å². The Morgan fingerprint density at radius 1 is 1.46 bits per heavy atom. The van der Waals surface area contributed by atoms with Crippen LogP contribution in [0.2, 0.25) is 0 Å². The average molecular weight is 331 g/mol. The van der Waals surface area contributed by atoms with E-state index in [-0.39, 0.29) is 29.9 Å². The van der Waals surface area contributed by atoms with Gasteiger partial charge in [-0.3, -0.25) is 14.2 Å². The number of para-hydroxylation sites is 1. The highest BCUT2D eigenvalue weighted by atomic mass is 16.5. The number of ether oxygens (including phenoxy) is 2. The molecule has 0 radical (unpaired) electrons. The highest BCUT2D eigenvalue weighted by Crippen LogP contribution is 2.11. The van der Waals surface area contributed by atoms with E-state index in [1.165, 1.54) is 4.57 Å². The molecule has 3 rings (SSSR count). The van der Waals surface area contributed by atoms with Crippen molar-refractivity contribution in [3.05, 3.63) is 40.4 Å². The van der Waals surface area contributed by atoms with Crippen LogP contribution in [0.3, 0.4) is 0 Å². The lowest BCUT2D eigenvalue weighted by atomic mass is 10.2. The van der Waals surface area contributed by atoms with Gasteiger partial charge in [-0.25, -0.2) is 4.98 Å². The molecule has 7 heteroatoms. The van der Waals surface area contributed by atoms with Gasteiger partial charge in [0.05, 0.1) is 30.2 Å². The molecule has 0 bridgehead atoms. The molecule has 2 heterocycles. The first-order valence-electron chi connectivity index (χ1n) is 8.09. The molecule has 7 nitrogen and oxygen atoms in total. The first-order chi connectivity index (χ1) is 11.7. The summed E-state index contributed by atoms with van der Waals surface area (Å²) < 4.78 is 11.9. The fourth-order valence-corrected chi connectivity index (χ4v) is 2.82. The van der Waals surface area contributed by atoms with Gasteiger partial charge in [0.1, 0.15) is 0 Å². The van der Waals surface area contributed by atoms with Gasteiger partial charge in [0, 0.05) is 20.3 Å². The number of carbonyl (C=O) groups excluding carboxylic acids is 1. The zero-order chi connectivity index (χ0) is 16.9. The minimum absolute atomic E-state index is 0.0357. The third-order valence-corrected chi connectivity index (χ3v) is 4.10. The molecule has 1 N–H and O–H groups in total. The molecule has 1 aliphatic rings. The topological polar surface area (TPSA) is 82.4 Å². The lowest BCUT2D eigenvalue weighted by molar-refractivity contribution is 0.0842. The van der Waals surface area contributed by atoms with Crippen LogP contribution in [0, 0.1) is 0 Å². The summed E-state index contributed by atoms with van der Waals surface area (Å²) in [5.74, 6) is -0.266. The van der Waals surface area contributed by atoms with Crippen molar-refractivity contribution in [1.82, 2.24) is 14.9 Å². The molecule has 1 aromatic carbocycles. The maximum Gasteiger partial charge on any atom is 0.287 e. The van der Waals surface area contributed by atoms with Gasteiger partial charge in [-0.15, -0.1) is 0 Å². The van der Waals surface area contributed by atoms with Crippen LogP contribution in [-0.4, -0.2) is 48.4 Å². The van der Waals surface area contributed by atoms with Crippen molar-refractivity contribution in [2.45, 2.75) is 25.5 Å². The van der Waals surface area contributed by atoms with Crippen LogP contribution in [0.5, 0.6) is 0 Å². The van der Waals surface area contributed by atoms with Crippen LogP contribution in [0.4, 0.5) is 0 Å². The monoisotopic (exact) mass is 331 g/mol. The number of hydrogen-bond acceptors (Lipinski definition) is 5. The highest BCUT2D eigenvalue weighted by Gasteiger charge is 2.20. The summed E-state index contributed by atoms with van der Waals surface area (Å²) >= 11 is 0. The highest BCUT2D eigenvalue weighted by molar-refractivity contribution is 5.93. The van der Waals surface area contributed by atoms with Gasteiger partial charge in [0.25, 0.3) is 11.5 Å². The van der Waals surface area contributed by atoms with E-state index in [0.29, 0.717) is 24.1 Å². The fourth-order valence-electron chi connectivity index (χ4n) is 2.82. The molecule has 1 aliphatic heterocycles. The van der Waals surface area contributed by atoms with Crippen molar-refractivity contribution < 1.29 is 14.3 Å². The first-order valence-corrected chi connectivity index (χ1v) is 8.09. The molecule has 24 heavy (non-hydrogen) atoms. The number of amides is 1. The second-order valence-corrected chi connectivity index (χ2v) is 5.75. The third kappa shape index (κ3) is 3.47. The predicted octanol–water partition coefficient (Wildman–Crippen LogP) is 0.952. The van der Waals surface area contributed by atoms with Gasteiger partial charge in [-0.1, -0.05) is 12.1 Å². The van der Waals surface area contributed by atoms with E-state index in [0.717, 1.165) is 19.4 Å². The Labute approximate surface area is 139 Å². The zero-order valence-electron chi connectivity index (χ0n) is 13.7. The van der Waals surface area contributed by atoms with Gasteiger partial charge in [0.2, 0.25) is 5.82 Å². The van der Waals surface area contributed by atoms with Crippen molar-refractivity contribution in [3.8, 4) is 0 Å². The minimum atomic E-state index is -0.371. The van der Waals surface area contributed by atoms with E-state index in [1.807, 2.05) is 0 Å². The van der Waals surface area contributed by atoms with Gasteiger partial charge in [-0.2, -0.15) is 0 Å². The molecule has 0 saturated carbocycles. The number of hydrogen-bond donors (Lipinski definition) is 1. The number of methoxy groups -OCH3 is 1. The zero-order valence-corrected chi connectivity index (χ0v) is 13.7. The summed E-state index contributed by atoms with van der Waals surface area (Å²) in [4.78, 5) is 29.6. The molecular formula is C17H21N3O4. The summed E-state index contributed by atoms with van der Waals surface area (Å²) in [5, 5.41) is 3.31. The fraction of sp³-hybridized carbons (Fsp3) is 0.471. The minimum Gasteiger partial charge on any atom is -0.383 e. The number of carbonyl (C=O) groups is 1. The Morgan fingerprint density at radius 3 is 3.04 bits per heavy atom. The number of nitrogens with one attached hydrogen (secondary N) is 1. The van der Waals surface area contributed by atoms with E-state index in [2.05, 4.69) is 10.3 Å². The number of benzene rings is 1. The number of rotatable bonds is 6. The van der Waals surface area contributed by atoms with Crippen LogP contribution < -0.4 is 10.9 Å². The predicted molar refractivity (Wildman–Crippen MR) is 89.2 cm³/mol. The average Bonchev–Trinajstić information content (AvgIpc) is 3.12. The van der Waals surface area contributed by atoms with E-state index in [4.69, 9.17) is 9.47 Å². The Kier molecular flexibility index (Phi) is 5.22. The molecule has 0 unspecified atom stereocenters. The van der Waals surface area contributed by atoms with Crippen LogP contribution in [-0.2, 0) is 16.0 Å². The van der Waals surface area contributed by atoms with E-state index >= 15 is 0 Å². The first kappa shape index (κ1) is 16.6. The van der Waals surface area contributed by atoms with E-state index in [9.17, 15) is 9.59 Å². The molecule has 128 valence electrons. The van der Waals surface area contributed by atoms with Crippen molar-refractivity contribution in [2.75, 3.05) is 26.9 Å². The van der Waals surface area contributed by atoms with E-state index < -0.39 is 0 Å². The molecule has 1 aromatic heterocycles. The Hall–Kier alpha value is -2.25. The van der Waals surface area contributed by atoms with E-state index in [1.54, 1.807) is 31.4 Å². The van der Waals surface area contributed by atoms with Crippen molar-refractivity contribution >= 4 is 16.8 Å². The van der Waals surface area contributed by atoms with Gasteiger partial charge in [0.15, 0.2) is 0 Å². The molecular weight excluding hydrogens is 310 g/mol. The number of fused-ring (bicyclic) bond motifs is 1. The Morgan fingerprint density at radius 2 is 2.29 bits per heavy atom. The molecule has 0 aliphatic carbocycles. The standard InChI is InChI=1S/C17H21N3O4/c1-23-10-8-20-15(16(21)18-11-12-5-4-9-24-12)19-14-7-3-2-6-13(14)17(20)22/h2-3,6-7,12H,4-5,8-11H2,1H3,(H,18,21)/t12-/m0/s1. The quantitative estimate of drug-likeness (QED) is 0.852. The maximum atomic E-state index is 12.7. The summed E-state index contributed by atoms with van der Waals surface area (Å²) in [7, 11) is 1.55. The molecule has 1 fully saturated rings. The second-order valence-electron chi connectivity index (χ2n) is 5.75. The summed E-state index contributed by atoms with van der Waals surface area (Å²) in [5.41, 5.74) is 0.276. The molecule has 1 amide bonds. The largest absolute Gasteiger partial charge is 0.383 e. The van der Waals surface area contributed by atoms with Gasteiger partial charge >= 0.3 is 0 Å². The maximum absolute atomic E-state index is 12.7. The third-order valence-electron chi connectivity index (χ3n) is 4.10. The smallest absolute Gasteiger partial charge is 0.287 e. The molecule has 1 atom stereocenters. The molecule has 1 saturated heterocycles.